The van der Waals surface area contributed by atoms with Gasteiger partial charge in [-0.05, 0) is 42.9 Å². The molecular weight excluding hydrogens is 356 g/mol. The van der Waals surface area contributed by atoms with Gasteiger partial charge in [-0.1, -0.05) is 65.7 Å². The lowest BCUT2D eigenvalue weighted by Crippen LogP contribution is -2.50. The molecule has 6 N–H and O–H groups in total. The number of aliphatic carboxylic acids is 2. The zero-order chi connectivity index (χ0) is 21.6. The highest BCUT2D eigenvalue weighted by atomic mass is 16.4. The van der Waals surface area contributed by atoms with Crippen molar-refractivity contribution in [2.24, 2.45) is 22.3 Å². The topological polar surface area (TPSA) is 127 Å². The molecule has 1 aliphatic rings. The van der Waals surface area contributed by atoms with Crippen molar-refractivity contribution < 1.29 is 19.8 Å². The van der Waals surface area contributed by atoms with Gasteiger partial charge < -0.3 is 21.7 Å². The molecule has 0 aromatic rings. The summed E-state index contributed by atoms with van der Waals surface area (Å²) < 4.78 is 0. The molecule has 1 aliphatic carbocycles. The van der Waals surface area contributed by atoms with Crippen LogP contribution in [0.2, 0.25) is 0 Å². The fourth-order valence-corrected chi connectivity index (χ4v) is 4.14. The lowest BCUT2D eigenvalue weighted by atomic mass is 9.63. The number of nitrogens with two attached hydrogens (primary N) is 2. The van der Waals surface area contributed by atoms with Crippen molar-refractivity contribution in [3.63, 3.8) is 0 Å². The van der Waals surface area contributed by atoms with Crippen molar-refractivity contribution in [2.75, 3.05) is 0 Å². The highest BCUT2D eigenvalue weighted by Gasteiger charge is 2.39. The fourth-order valence-electron chi connectivity index (χ4n) is 4.14. The molecule has 1 unspecified atom stereocenters. The summed E-state index contributed by atoms with van der Waals surface area (Å²) in [6.07, 6.45) is 13.3. The van der Waals surface area contributed by atoms with E-state index >= 15 is 0 Å². The van der Waals surface area contributed by atoms with E-state index in [1.807, 2.05) is 0 Å². The van der Waals surface area contributed by atoms with Crippen LogP contribution >= 0.6 is 0 Å². The first-order valence-electron chi connectivity index (χ1n) is 10.9. The van der Waals surface area contributed by atoms with Gasteiger partial charge in [-0.15, -0.1) is 0 Å². The van der Waals surface area contributed by atoms with Crippen molar-refractivity contribution in [1.29, 1.82) is 0 Å². The van der Waals surface area contributed by atoms with E-state index in [0.717, 1.165) is 57.8 Å². The summed E-state index contributed by atoms with van der Waals surface area (Å²) in [5.41, 5.74) is 12.2. The lowest BCUT2D eigenvalue weighted by molar-refractivity contribution is -0.138. The highest BCUT2D eigenvalue weighted by Crippen LogP contribution is 2.46. The molecular formula is C22H44N2O4. The second-order valence-corrected chi connectivity index (χ2v) is 9.49. The Kier molecular flexibility index (Phi) is 13.4. The van der Waals surface area contributed by atoms with E-state index in [9.17, 15) is 9.59 Å². The largest absolute Gasteiger partial charge is 0.481 e. The van der Waals surface area contributed by atoms with Gasteiger partial charge in [0.25, 0.3) is 0 Å². The Morgan fingerprint density at radius 1 is 0.786 bits per heavy atom. The van der Waals surface area contributed by atoms with E-state index in [0.29, 0.717) is 5.41 Å². The zero-order valence-corrected chi connectivity index (χ0v) is 18.3. The molecule has 28 heavy (non-hydrogen) atoms. The van der Waals surface area contributed by atoms with Gasteiger partial charge >= 0.3 is 11.9 Å². The standard InChI is InChI=1S/C12H22O4.C10H22N2/c13-11(14)9-7-5-3-1-2-4-6-8-10-12(15)16;1-9(2)5-4-6-10(3,7-9)8(11)12/h1-10H2,(H,13,14)(H,15,16);8H,4-7,11-12H2,1-3H3. The minimum Gasteiger partial charge on any atom is -0.481 e. The first kappa shape index (κ1) is 26.9. The molecule has 0 aromatic heterocycles. The number of rotatable bonds is 12. The van der Waals surface area contributed by atoms with E-state index < -0.39 is 11.9 Å². The van der Waals surface area contributed by atoms with Crippen LogP contribution in [0.15, 0.2) is 0 Å². The van der Waals surface area contributed by atoms with Crippen LogP contribution in [0.25, 0.3) is 0 Å². The minimum absolute atomic E-state index is 0.155. The van der Waals surface area contributed by atoms with Gasteiger partial charge in [-0.25, -0.2) is 0 Å². The summed E-state index contributed by atoms with van der Waals surface area (Å²) in [6.45, 7) is 6.85. The second-order valence-electron chi connectivity index (χ2n) is 9.49. The Morgan fingerprint density at radius 2 is 1.18 bits per heavy atom. The SMILES string of the molecule is CC1(C)CCCC(C)(C(N)N)C1.O=C(O)CCCCCCCCCCC(=O)O. The van der Waals surface area contributed by atoms with Gasteiger partial charge in [0, 0.05) is 12.8 Å². The Balaban J connectivity index is 0.000000540. The Morgan fingerprint density at radius 3 is 1.46 bits per heavy atom. The van der Waals surface area contributed by atoms with Crippen molar-refractivity contribution in [3.8, 4) is 0 Å². The van der Waals surface area contributed by atoms with Crippen molar-refractivity contribution in [1.82, 2.24) is 0 Å². The third-order valence-electron chi connectivity index (χ3n) is 5.82. The molecule has 1 atom stereocenters. The molecule has 0 spiro atoms. The number of hydrogen-bond acceptors (Lipinski definition) is 4. The average molecular weight is 401 g/mol. The van der Waals surface area contributed by atoms with E-state index in [1.54, 1.807) is 0 Å². The molecule has 1 saturated carbocycles. The predicted molar refractivity (Wildman–Crippen MR) is 114 cm³/mol. The molecule has 0 bridgehead atoms. The van der Waals surface area contributed by atoms with Crippen LogP contribution in [0.3, 0.4) is 0 Å². The number of hydrogen-bond donors (Lipinski definition) is 4. The molecule has 166 valence electrons. The van der Waals surface area contributed by atoms with Crippen LogP contribution in [-0.4, -0.2) is 28.3 Å². The third kappa shape index (κ3) is 13.9. The van der Waals surface area contributed by atoms with E-state index in [2.05, 4.69) is 20.8 Å². The Hall–Kier alpha value is -1.14. The maximum Gasteiger partial charge on any atom is 0.303 e. The molecule has 0 aliphatic heterocycles. The quantitative estimate of drug-likeness (QED) is 0.273. The maximum atomic E-state index is 10.2. The summed E-state index contributed by atoms with van der Waals surface area (Å²) in [7, 11) is 0. The summed E-state index contributed by atoms with van der Waals surface area (Å²) in [5, 5.41) is 16.8. The monoisotopic (exact) mass is 400 g/mol. The Bertz CT molecular complexity index is 430. The second kappa shape index (κ2) is 13.9. The number of carboxylic acids is 2. The van der Waals surface area contributed by atoms with Crippen molar-refractivity contribution in [2.45, 2.75) is 117 Å². The van der Waals surface area contributed by atoms with Gasteiger partial charge in [-0.2, -0.15) is 0 Å². The lowest BCUT2D eigenvalue weighted by Gasteiger charge is -2.44. The first-order valence-corrected chi connectivity index (χ1v) is 10.9. The summed E-state index contributed by atoms with van der Waals surface area (Å²) >= 11 is 0. The molecule has 0 heterocycles. The minimum atomic E-state index is -0.714. The van der Waals surface area contributed by atoms with Crippen molar-refractivity contribution in [3.05, 3.63) is 0 Å². The van der Waals surface area contributed by atoms with Crippen LogP contribution < -0.4 is 11.5 Å². The number of carboxylic acid groups (broad SMARTS) is 2. The zero-order valence-electron chi connectivity index (χ0n) is 18.3. The average Bonchev–Trinajstić information content (AvgIpc) is 2.55. The third-order valence-corrected chi connectivity index (χ3v) is 5.82. The van der Waals surface area contributed by atoms with Crippen LogP contribution in [0.4, 0.5) is 0 Å². The van der Waals surface area contributed by atoms with Gasteiger partial charge in [-0.3, -0.25) is 9.59 Å². The maximum absolute atomic E-state index is 10.2. The molecule has 6 nitrogen and oxygen atoms in total. The summed E-state index contributed by atoms with van der Waals surface area (Å²) in [6, 6.07) is 0. The molecule has 1 fully saturated rings. The molecule has 0 aromatic carbocycles. The number of unbranched alkanes of at least 4 members (excludes halogenated alkanes) is 7. The summed E-state index contributed by atoms with van der Waals surface area (Å²) in [4.78, 5) is 20.4. The fraction of sp³-hybridized carbons (Fsp3) is 0.909. The summed E-state index contributed by atoms with van der Waals surface area (Å²) in [5.74, 6) is -1.43. The molecule has 0 radical (unpaired) electrons. The Labute approximate surface area is 171 Å². The molecule has 0 amide bonds. The normalized spacial score (nSPS) is 21.1. The van der Waals surface area contributed by atoms with E-state index in [1.165, 1.54) is 19.3 Å². The number of carbonyl (C=O) groups is 2. The molecule has 6 heteroatoms. The van der Waals surface area contributed by atoms with Crippen LogP contribution in [0.1, 0.15) is 111 Å². The molecule has 0 saturated heterocycles. The van der Waals surface area contributed by atoms with Gasteiger partial charge in [0.15, 0.2) is 0 Å². The van der Waals surface area contributed by atoms with Crippen LogP contribution in [0.5, 0.6) is 0 Å². The van der Waals surface area contributed by atoms with Crippen LogP contribution in [-0.2, 0) is 9.59 Å². The molecule has 1 rings (SSSR count). The van der Waals surface area contributed by atoms with Gasteiger partial charge in [0.1, 0.15) is 0 Å². The van der Waals surface area contributed by atoms with E-state index in [-0.39, 0.29) is 24.4 Å². The van der Waals surface area contributed by atoms with E-state index in [4.69, 9.17) is 21.7 Å². The smallest absolute Gasteiger partial charge is 0.303 e. The van der Waals surface area contributed by atoms with Crippen LogP contribution in [0, 0.1) is 10.8 Å². The highest BCUT2D eigenvalue weighted by molar-refractivity contribution is 5.66. The van der Waals surface area contributed by atoms with Gasteiger partial charge in [0.05, 0.1) is 6.17 Å². The van der Waals surface area contributed by atoms with Gasteiger partial charge in [0.2, 0.25) is 0 Å². The van der Waals surface area contributed by atoms with Crippen molar-refractivity contribution >= 4 is 11.9 Å². The first-order chi connectivity index (χ1) is 13.0. The predicted octanol–water partition coefficient (Wildman–Crippen LogP) is 4.89.